The van der Waals surface area contributed by atoms with Crippen LogP contribution in [-0.2, 0) is 17.6 Å². The van der Waals surface area contributed by atoms with Gasteiger partial charge in [0.25, 0.3) is 0 Å². The second-order valence-electron chi connectivity index (χ2n) is 3.12. The Morgan fingerprint density at radius 3 is 3.15 bits per heavy atom. The van der Waals surface area contributed by atoms with Crippen molar-refractivity contribution < 1.29 is 4.79 Å². The highest BCUT2D eigenvalue weighted by molar-refractivity contribution is 5.98. The van der Waals surface area contributed by atoms with Crippen LogP contribution < -0.4 is 5.32 Å². The molecule has 0 bridgehead atoms. The minimum Gasteiger partial charge on any atom is -0.310 e. The fourth-order valence-corrected chi connectivity index (χ4v) is 1.53. The first-order valence-corrected chi connectivity index (χ1v) is 4.44. The van der Waals surface area contributed by atoms with Crippen LogP contribution in [0.4, 0.5) is 5.82 Å². The maximum Gasteiger partial charge on any atom is 0.230 e. The Morgan fingerprint density at radius 2 is 2.38 bits per heavy atom. The molecule has 13 heavy (non-hydrogen) atoms. The molecule has 1 amide bonds. The molecule has 0 saturated carbocycles. The SMILES string of the molecule is CCCc1ncnc2c1CC(=O)N2. The zero-order valence-corrected chi connectivity index (χ0v) is 7.50. The van der Waals surface area contributed by atoms with E-state index in [2.05, 4.69) is 22.2 Å². The Bertz CT molecular complexity index is 349. The third kappa shape index (κ3) is 1.39. The summed E-state index contributed by atoms with van der Waals surface area (Å²) in [7, 11) is 0. The number of anilines is 1. The van der Waals surface area contributed by atoms with Gasteiger partial charge in [-0.1, -0.05) is 13.3 Å². The third-order valence-corrected chi connectivity index (χ3v) is 2.12. The molecule has 4 nitrogen and oxygen atoms in total. The monoisotopic (exact) mass is 177 g/mol. The van der Waals surface area contributed by atoms with Crippen molar-refractivity contribution in [1.82, 2.24) is 9.97 Å². The van der Waals surface area contributed by atoms with Crippen LogP contribution in [0.1, 0.15) is 24.6 Å². The van der Waals surface area contributed by atoms with Crippen molar-refractivity contribution in [3.8, 4) is 0 Å². The summed E-state index contributed by atoms with van der Waals surface area (Å²) in [4.78, 5) is 19.3. The molecule has 2 heterocycles. The number of fused-ring (bicyclic) bond motifs is 1. The van der Waals surface area contributed by atoms with Crippen LogP contribution in [0, 0.1) is 0 Å². The maximum atomic E-state index is 11.1. The first-order chi connectivity index (χ1) is 6.31. The van der Waals surface area contributed by atoms with Gasteiger partial charge in [0.05, 0.1) is 6.42 Å². The molecule has 1 aromatic rings. The van der Waals surface area contributed by atoms with Gasteiger partial charge in [0.1, 0.15) is 12.1 Å². The predicted octanol–water partition coefficient (Wildman–Crippen LogP) is 0.924. The number of hydrogen-bond donors (Lipinski definition) is 1. The van der Waals surface area contributed by atoms with Gasteiger partial charge < -0.3 is 5.32 Å². The number of aromatic nitrogens is 2. The van der Waals surface area contributed by atoms with E-state index in [4.69, 9.17) is 0 Å². The van der Waals surface area contributed by atoms with Gasteiger partial charge in [0, 0.05) is 11.3 Å². The minimum absolute atomic E-state index is 0.0212. The van der Waals surface area contributed by atoms with Crippen LogP contribution in [-0.4, -0.2) is 15.9 Å². The van der Waals surface area contributed by atoms with Crippen LogP contribution >= 0.6 is 0 Å². The first-order valence-electron chi connectivity index (χ1n) is 4.44. The lowest BCUT2D eigenvalue weighted by Crippen LogP contribution is -2.04. The molecular weight excluding hydrogens is 166 g/mol. The van der Waals surface area contributed by atoms with Crippen molar-refractivity contribution in [1.29, 1.82) is 0 Å². The highest BCUT2D eigenvalue weighted by Gasteiger charge is 2.21. The molecule has 0 fully saturated rings. The molecule has 2 rings (SSSR count). The summed E-state index contributed by atoms with van der Waals surface area (Å²) in [6.45, 7) is 2.10. The average molecular weight is 177 g/mol. The van der Waals surface area contributed by atoms with Crippen LogP contribution in [0.25, 0.3) is 0 Å². The standard InChI is InChI=1S/C9H11N3O/c1-2-3-7-6-4-8(13)12-9(6)11-5-10-7/h5H,2-4H2,1H3,(H,10,11,12,13). The summed E-state index contributed by atoms with van der Waals surface area (Å²) < 4.78 is 0. The molecule has 4 heteroatoms. The molecule has 0 atom stereocenters. The van der Waals surface area contributed by atoms with E-state index in [0.717, 1.165) is 24.1 Å². The smallest absolute Gasteiger partial charge is 0.230 e. The second kappa shape index (κ2) is 3.12. The number of nitrogens with zero attached hydrogens (tertiary/aromatic N) is 2. The summed E-state index contributed by atoms with van der Waals surface area (Å²) in [5, 5.41) is 2.71. The Balaban J connectivity index is 2.39. The van der Waals surface area contributed by atoms with E-state index >= 15 is 0 Å². The predicted molar refractivity (Wildman–Crippen MR) is 48.4 cm³/mol. The van der Waals surface area contributed by atoms with Gasteiger partial charge in [0.2, 0.25) is 5.91 Å². The van der Waals surface area contributed by atoms with Crippen molar-refractivity contribution in [3.63, 3.8) is 0 Å². The normalized spacial score (nSPS) is 14.1. The zero-order chi connectivity index (χ0) is 9.26. The molecule has 1 aliphatic heterocycles. The number of carbonyl (C=O) groups excluding carboxylic acids is 1. The van der Waals surface area contributed by atoms with Crippen LogP contribution in [0.2, 0.25) is 0 Å². The summed E-state index contributed by atoms with van der Waals surface area (Å²) in [6, 6.07) is 0. The molecule has 0 radical (unpaired) electrons. The Labute approximate surface area is 76.4 Å². The highest BCUT2D eigenvalue weighted by atomic mass is 16.1. The van der Waals surface area contributed by atoms with E-state index in [1.165, 1.54) is 6.33 Å². The van der Waals surface area contributed by atoms with Crippen LogP contribution in [0.3, 0.4) is 0 Å². The van der Waals surface area contributed by atoms with Gasteiger partial charge in [-0.25, -0.2) is 9.97 Å². The van der Waals surface area contributed by atoms with E-state index < -0.39 is 0 Å². The van der Waals surface area contributed by atoms with Crippen molar-refractivity contribution in [2.24, 2.45) is 0 Å². The zero-order valence-electron chi connectivity index (χ0n) is 7.50. The fraction of sp³-hybridized carbons (Fsp3) is 0.444. The summed E-state index contributed by atoms with van der Waals surface area (Å²) in [6.07, 6.45) is 3.90. The van der Waals surface area contributed by atoms with Crippen molar-refractivity contribution in [2.75, 3.05) is 5.32 Å². The quantitative estimate of drug-likeness (QED) is 0.731. The number of rotatable bonds is 2. The van der Waals surface area contributed by atoms with Crippen molar-refractivity contribution in [2.45, 2.75) is 26.2 Å². The van der Waals surface area contributed by atoms with Gasteiger partial charge >= 0.3 is 0 Å². The molecule has 0 unspecified atom stereocenters. The fourth-order valence-electron chi connectivity index (χ4n) is 1.53. The summed E-state index contributed by atoms with van der Waals surface area (Å²) in [5.41, 5.74) is 1.99. The topological polar surface area (TPSA) is 54.9 Å². The Hall–Kier alpha value is -1.45. The van der Waals surface area contributed by atoms with E-state index in [-0.39, 0.29) is 5.91 Å². The molecule has 1 aliphatic rings. The molecule has 1 aromatic heterocycles. The van der Waals surface area contributed by atoms with Crippen molar-refractivity contribution in [3.05, 3.63) is 17.6 Å². The number of aryl methyl sites for hydroxylation is 1. The van der Waals surface area contributed by atoms with Gasteiger partial charge in [0.15, 0.2) is 0 Å². The Kier molecular flexibility index (Phi) is 1.96. The first kappa shape index (κ1) is 8.16. The largest absolute Gasteiger partial charge is 0.310 e. The molecule has 68 valence electrons. The van der Waals surface area contributed by atoms with Crippen LogP contribution in [0.15, 0.2) is 6.33 Å². The molecule has 0 saturated heterocycles. The number of hydrogen-bond acceptors (Lipinski definition) is 3. The van der Waals surface area contributed by atoms with E-state index in [0.29, 0.717) is 12.2 Å². The molecular formula is C9H11N3O. The molecule has 1 N–H and O–H groups in total. The summed E-state index contributed by atoms with van der Waals surface area (Å²) in [5.74, 6) is 0.719. The Morgan fingerprint density at radius 1 is 1.54 bits per heavy atom. The van der Waals surface area contributed by atoms with Gasteiger partial charge in [-0.15, -0.1) is 0 Å². The molecule has 0 aromatic carbocycles. The highest BCUT2D eigenvalue weighted by Crippen LogP contribution is 2.22. The second-order valence-corrected chi connectivity index (χ2v) is 3.12. The number of carbonyl (C=O) groups is 1. The maximum absolute atomic E-state index is 11.1. The number of nitrogens with one attached hydrogen (secondary N) is 1. The molecule has 0 aliphatic carbocycles. The van der Waals surface area contributed by atoms with Gasteiger partial charge in [-0.3, -0.25) is 4.79 Å². The van der Waals surface area contributed by atoms with Gasteiger partial charge in [-0.2, -0.15) is 0 Å². The van der Waals surface area contributed by atoms with E-state index in [1.54, 1.807) is 0 Å². The van der Waals surface area contributed by atoms with E-state index in [9.17, 15) is 4.79 Å². The van der Waals surface area contributed by atoms with Crippen molar-refractivity contribution >= 4 is 11.7 Å². The average Bonchev–Trinajstić information content (AvgIpc) is 2.47. The minimum atomic E-state index is 0.0212. The van der Waals surface area contributed by atoms with E-state index in [1.807, 2.05) is 0 Å². The lowest BCUT2D eigenvalue weighted by molar-refractivity contribution is -0.115. The lowest BCUT2D eigenvalue weighted by Gasteiger charge is -2.02. The van der Waals surface area contributed by atoms with Gasteiger partial charge in [-0.05, 0) is 6.42 Å². The summed E-state index contributed by atoms with van der Waals surface area (Å²) >= 11 is 0. The third-order valence-electron chi connectivity index (χ3n) is 2.12. The lowest BCUT2D eigenvalue weighted by atomic mass is 10.1. The number of amides is 1. The van der Waals surface area contributed by atoms with Crippen LogP contribution in [0.5, 0.6) is 0 Å². The molecule has 0 spiro atoms.